The van der Waals surface area contributed by atoms with Crippen molar-refractivity contribution in [1.29, 1.82) is 0 Å². The Hall–Kier alpha value is -2.15. The van der Waals surface area contributed by atoms with Gasteiger partial charge in [-0.1, -0.05) is 0 Å². The van der Waals surface area contributed by atoms with Crippen LogP contribution in [0.1, 0.15) is 34.3 Å². The summed E-state index contributed by atoms with van der Waals surface area (Å²) in [5.74, 6) is 1.44. The molecule has 7 heteroatoms. The molecule has 1 aliphatic rings. The van der Waals surface area contributed by atoms with E-state index in [1.165, 1.54) is 11.3 Å². The molecule has 1 saturated heterocycles. The van der Waals surface area contributed by atoms with Crippen LogP contribution in [0.2, 0.25) is 0 Å². The number of ether oxygens (including phenoxy) is 1. The summed E-state index contributed by atoms with van der Waals surface area (Å²) in [7, 11) is 0. The fraction of sp³-hybridized carbons (Fsp3) is 0.471. The van der Waals surface area contributed by atoms with E-state index in [-0.39, 0.29) is 11.9 Å². The van der Waals surface area contributed by atoms with E-state index in [1.54, 1.807) is 0 Å². The van der Waals surface area contributed by atoms with Crippen LogP contribution in [0.25, 0.3) is 0 Å². The van der Waals surface area contributed by atoms with Crippen molar-refractivity contribution >= 4 is 23.1 Å². The van der Waals surface area contributed by atoms with Gasteiger partial charge in [0.15, 0.2) is 5.82 Å². The number of amides is 1. The second-order valence-corrected chi connectivity index (χ2v) is 7.10. The summed E-state index contributed by atoms with van der Waals surface area (Å²) in [6, 6.07) is 7.86. The maximum absolute atomic E-state index is 12.2. The van der Waals surface area contributed by atoms with Gasteiger partial charge in [-0.05, 0) is 44.9 Å². The van der Waals surface area contributed by atoms with Crippen LogP contribution < -0.4 is 15.0 Å². The molecule has 3 rings (SSSR count). The molecule has 1 N–H and O–H groups in total. The molecule has 0 spiro atoms. The maximum atomic E-state index is 12.2. The van der Waals surface area contributed by atoms with Crippen LogP contribution >= 0.6 is 11.3 Å². The van der Waals surface area contributed by atoms with Crippen molar-refractivity contribution in [2.24, 2.45) is 0 Å². The number of aryl methyl sites for hydroxylation is 1. The van der Waals surface area contributed by atoms with E-state index < -0.39 is 0 Å². The summed E-state index contributed by atoms with van der Waals surface area (Å²) in [6.45, 7) is 6.24. The second-order valence-electron chi connectivity index (χ2n) is 5.81. The summed E-state index contributed by atoms with van der Waals surface area (Å²) in [5.41, 5.74) is 0. The number of hydrogen-bond acceptors (Lipinski definition) is 6. The van der Waals surface area contributed by atoms with Crippen LogP contribution in [-0.2, 0) is 0 Å². The van der Waals surface area contributed by atoms with Crippen molar-refractivity contribution in [2.75, 3.05) is 24.6 Å². The van der Waals surface area contributed by atoms with E-state index in [2.05, 4.69) is 20.4 Å². The third-order valence-corrected chi connectivity index (χ3v) is 5.04. The number of piperidine rings is 1. The maximum Gasteiger partial charge on any atom is 0.261 e. The molecule has 0 radical (unpaired) electrons. The molecule has 3 heterocycles. The molecule has 128 valence electrons. The second kappa shape index (κ2) is 7.61. The van der Waals surface area contributed by atoms with Gasteiger partial charge in [-0.25, -0.2) is 0 Å². The minimum atomic E-state index is 0.0346. The Morgan fingerprint density at radius 3 is 2.67 bits per heavy atom. The van der Waals surface area contributed by atoms with Crippen LogP contribution in [0.3, 0.4) is 0 Å². The molecule has 2 aromatic heterocycles. The Balaban J connectivity index is 1.51. The lowest BCUT2D eigenvalue weighted by Crippen LogP contribution is -2.44. The highest BCUT2D eigenvalue weighted by molar-refractivity contribution is 7.13. The Morgan fingerprint density at radius 1 is 1.29 bits per heavy atom. The van der Waals surface area contributed by atoms with Gasteiger partial charge in [0.2, 0.25) is 5.88 Å². The molecule has 0 unspecified atom stereocenters. The number of rotatable bonds is 5. The Labute approximate surface area is 145 Å². The van der Waals surface area contributed by atoms with Crippen LogP contribution in [-0.4, -0.2) is 41.8 Å². The van der Waals surface area contributed by atoms with Gasteiger partial charge in [0, 0.05) is 30.1 Å². The largest absolute Gasteiger partial charge is 0.477 e. The molecule has 0 saturated carbocycles. The minimum absolute atomic E-state index is 0.0346. The van der Waals surface area contributed by atoms with Crippen LogP contribution in [0.5, 0.6) is 5.88 Å². The molecule has 6 nitrogen and oxygen atoms in total. The molecule has 1 fully saturated rings. The Bertz CT molecular complexity index is 678. The van der Waals surface area contributed by atoms with Crippen LogP contribution in [0.4, 0.5) is 5.82 Å². The first-order valence-corrected chi connectivity index (χ1v) is 9.06. The van der Waals surface area contributed by atoms with E-state index in [4.69, 9.17) is 4.74 Å². The van der Waals surface area contributed by atoms with E-state index in [1.807, 2.05) is 38.1 Å². The number of anilines is 1. The molecular formula is C17H22N4O2S. The Kier molecular flexibility index (Phi) is 5.30. The van der Waals surface area contributed by atoms with E-state index in [9.17, 15) is 4.79 Å². The standard InChI is InChI=1S/C17H22N4O2S/c1-3-23-16-7-6-15(19-20-16)21-10-8-13(9-11-21)18-17(22)14-5-4-12(2)24-14/h4-7,13H,3,8-11H2,1-2H3,(H,18,22). The number of carbonyl (C=O) groups is 1. The van der Waals surface area contributed by atoms with Crippen molar-refractivity contribution in [3.63, 3.8) is 0 Å². The highest BCUT2D eigenvalue weighted by atomic mass is 32.1. The zero-order valence-electron chi connectivity index (χ0n) is 14.0. The molecule has 0 aliphatic carbocycles. The summed E-state index contributed by atoms with van der Waals surface area (Å²) in [4.78, 5) is 16.4. The van der Waals surface area contributed by atoms with Crippen molar-refractivity contribution in [3.8, 4) is 5.88 Å². The molecule has 0 aromatic carbocycles. The summed E-state index contributed by atoms with van der Waals surface area (Å²) >= 11 is 1.53. The minimum Gasteiger partial charge on any atom is -0.477 e. The van der Waals surface area contributed by atoms with Crippen LogP contribution in [0, 0.1) is 6.92 Å². The number of carbonyl (C=O) groups excluding carboxylic acids is 1. The van der Waals surface area contributed by atoms with Gasteiger partial charge in [0.1, 0.15) is 0 Å². The number of nitrogens with one attached hydrogen (secondary N) is 1. The van der Waals surface area contributed by atoms with Crippen molar-refractivity contribution in [1.82, 2.24) is 15.5 Å². The zero-order valence-corrected chi connectivity index (χ0v) is 14.8. The van der Waals surface area contributed by atoms with E-state index >= 15 is 0 Å². The van der Waals surface area contributed by atoms with Crippen molar-refractivity contribution in [3.05, 3.63) is 34.0 Å². The van der Waals surface area contributed by atoms with Gasteiger partial charge in [-0.15, -0.1) is 21.5 Å². The van der Waals surface area contributed by atoms with E-state index in [0.717, 1.165) is 41.5 Å². The first-order chi connectivity index (χ1) is 11.7. The molecule has 1 aliphatic heterocycles. The van der Waals surface area contributed by atoms with Gasteiger partial charge in [0.25, 0.3) is 5.91 Å². The predicted octanol–water partition coefficient (Wildman–Crippen LogP) is 2.64. The number of thiophene rings is 1. The van der Waals surface area contributed by atoms with Gasteiger partial charge in [-0.3, -0.25) is 4.79 Å². The highest BCUT2D eigenvalue weighted by Gasteiger charge is 2.22. The Morgan fingerprint density at radius 2 is 2.08 bits per heavy atom. The average Bonchev–Trinajstić information content (AvgIpc) is 3.03. The number of aromatic nitrogens is 2. The van der Waals surface area contributed by atoms with Gasteiger partial charge in [0.05, 0.1) is 11.5 Å². The third-order valence-electron chi connectivity index (χ3n) is 4.04. The smallest absolute Gasteiger partial charge is 0.261 e. The number of hydrogen-bond donors (Lipinski definition) is 1. The fourth-order valence-electron chi connectivity index (χ4n) is 2.77. The monoisotopic (exact) mass is 346 g/mol. The molecule has 2 aromatic rings. The average molecular weight is 346 g/mol. The lowest BCUT2D eigenvalue weighted by atomic mass is 10.0. The first kappa shape index (κ1) is 16.7. The van der Waals surface area contributed by atoms with Crippen molar-refractivity contribution in [2.45, 2.75) is 32.7 Å². The van der Waals surface area contributed by atoms with Crippen LogP contribution in [0.15, 0.2) is 24.3 Å². The van der Waals surface area contributed by atoms with Crippen molar-refractivity contribution < 1.29 is 9.53 Å². The SMILES string of the molecule is CCOc1ccc(N2CCC(NC(=O)c3ccc(C)s3)CC2)nn1. The normalized spacial score (nSPS) is 15.3. The lowest BCUT2D eigenvalue weighted by molar-refractivity contribution is 0.0935. The van der Waals surface area contributed by atoms with E-state index in [0.29, 0.717) is 12.5 Å². The summed E-state index contributed by atoms with van der Waals surface area (Å²) in [5, 5.41) is 11.4. The molecule has 0 bridgehead atoms. The quantitative estimate of drug-likeness (QED) is 0.901. The first-order valence-electron chi connectivity index (χ1n) is 8.24. The molecular weight excluding hydrogens is 324 g/mol. The molecule has 1 amide bonds. The summed E-state index contributed by atoms with van der Waals surface area (Å²) < 4.78 is 5.31. The van der Waals surface area contributed by atoms with Gasteiger partial charge >= 0.3 is 0 Å². The number of nitrogens with zero attached hydrogens (tertiary/aromatic N) is 3. The molecule has 0 atom stereocenters. The molecule has 24 heavy (non-hydrogen) atoms. The summed E-state index contributed by atoms with van der Waals surface area (Å²) in [6.07, 6.45) is 1.82. The zero-order chi connectivity index (χ0) is 16.9. The fourth-order valence-corrected chi connectivity index (χ4v) is 3.54. The lowest BCUT2D eigenvalue weighted by Gasteiger charge is -2.32. The topological polar surface area (TPSA) is 67.3 Å². The highest BCUT2D eigenvalue weighted by Crippen LogP contribution is 2.20. The third kappa shape index (κ3) is 4.03. The van der Waals surface area contributed by atoms with Gasteiger partial charge < -0.3 is 15.0 Å². The van der Waals surface area contributed by atoms with Gasteiger partial charge in [-0.2, -0.15) is 0 Å². The predicted molar refractivity (Wildman–Crippen MR) is 95.0 cm³/mol.